The van der Waals surface area contributed by atoms with Gasteiger partial charge in [0, 0.05) is 23.9 Å². The van der Waals surface area contributed by atoms with Crippen molar-refractivity contribution in [1.82, 2.24) is 10.3 Å². The van der Waals surface area contributed by atoms with Gasteiger partial charge in [0.2, 0.25) is 0 Å². The standard InChI is InChI=1S/C27H22N2O5/c30-24-12-11-16(17-10-5-13-28-25(17)24)14-23(26(31)32)29-27(33)34-15-22-20-8-3-1-6-18(20)19-7-2-4-9-21(19)22/h1-13,22-23,30H,14-15H2,(H,29,33)(H,31,32)/t23-/m0/s1. The van der Waals surface area contributed by atoms with Crippen LogP contribution in [0.5, 0.6) is 5.75 Å². The van der Waals surface area contributed by atoms with Gasteiger partial charge in [-0.1, -0.05) is 60.7 Å². The highest BCUT2D eigenvalue weighted by molar-refractivity contribution is 5.88. The minimum absolute atomic E-state index is 0.00993. The highest BCUT2D eigenvalue weighted by atomic mass is 16.5. The van der Waals surface area contributed by atoms with Crippen molar-refractivity contribution in [3.63, 3.8) is 0 Å². The van der Waals surface area contributed by atoms with Gasteiger partial charge >= 0.3 is 12.1 Å². The van der Waals surface area contributed by atoms with Crippen LogP contribution in [-0.2, 0) is 16.0 Å². The summed E-state index contributed by atoms with van der Waals surface area (Å²) in [6, 6.07) is 21.4. The van der Waals surface area contributed by atoms with Gasteiger partial charge in [0.15, 0.2) is 0 Å². The number of aromatic nitrogens is 1. The first-order chi connectivity index (χ1) is 16.5. The van der Waals surface area contributed by atoms with Crippen LogP contribution in [0.25, 0.3) is 22.0 Å². The van der Waals surface area contributed by atoms with Crippen LogP contribution in [0, 0.1) is 0 Å². The summed E-state index contributed by atoms with van der Waals surface area (Å²) in [6.45, 7) is 0.0955. The lowest BCUT2D eigenvalue weighted by molar-refractivity contribution is -0.139. The van der Waals surface area contributed by atoms with Gasteiger partial charge in [-0.3, -0.25) is 4.98 Å². The maximum Gasteiger partial charge on any atom is 0.407 e. The fourth-order valence-corrected chi connectivity index (χ4v) is 4.60. The summed E-state index contributed by atoms with van der Waals surface area (Å²) in [5, 5.41) is 22.8. The molecule has 7 heteroatoms. The third-order valence-corrected chi connectivity index (χ3v) is 6.20. The number of aromatic hydroxyl groups is 1. The molecule has 1 heterocycles. The predicted octanol–water partition coefficient (Wildman–Crippen LogP) is 4.47. The molecule has 3 aromatic carbocycles. The third kappa shape index (κ3) is 3.92. The molecule has 1 atom stereocenters. The summed E-state index contributed by atoms with van der Waals surface area (Å²) >= 11 is 0. The molecule has 7 nitrogen and oxygen atoms in total. The van der Waals surface area contributed by atoms with Gasteiger partial charge in [0.05, 0.1) is 0 Å². The second-order valence-electron chi connectivity index (χ2n) is 8.21. The van der Waals surface area contributed by atoms with E-state index < -0.39 is 18.1 Å². The number of carboxylic acid groups (broad SMARTS) is 1. The Bertz CT molecular complexity index is 1360. The maximum absolute atomic E-state index is 12.6. The zero-order valence-electron chi connectivity index (χ0n) is 18.1. The molecular weight excluding hydrogens is 432 g/mol. The molecule has 0 unspecified atom stereocenters. The van der Waals surface area contributed by atoms with Crippen LogP contribution < -0.4 is 5.32 Å². The molecular formula is C27H22N2O5. The topological polar surface area (TPSA) is 109 Å². The van der Waals surface area contributed by atoms with Crippen molar-refractivity contribution in [2.45, 2.75) is 18.4 Å². The molecule has 1 aliphatic rings. The molecule has 3 N–H and O–H groups in total. The van der Waals surface area contributed by atoms with Crippen molar-refractivity contribution in [3.8, 4) is 16.9 Å². The van der Waals surface area contributed by atoms with Crippen LogP contribution in [0.1, 0.15) is 22.6 Å². The molecule has 4 aromatic rings. The first kappa shape index (κ1) is 21.5. The monoisotopic (exact) mass is 454 g/mol. The van der Waals surface area contributed by atoms with Crippen molar-refractivity contribution < 1.29 is 24.5 Å². The van der Waals surface area contributed by atoms with Crippen molar-refractivity contribution in [3.05, 3.63) is 95.7 Å². The summed E-state index contributed by atoms with van der Waals surface area (Å²) in [7, 11) is 0. The molecule has 34 heavy (non-hydrogen) atoms. The summed E-state index contributed by atoms with van der Waals surface area (Å²) in [6.07, 6.45) is 0.771. The molecule has 0 radical (unpaired) electrons. The molecule has 0 bridgehead atoms. The van der Waals surface area contributed by atoms with Gasteiger partial charge in [0.1, 0.15) is 23.9 Å². The van der Waals surface area contributed by atoms with Gasteiger partial charge in [-0.25, -0.2) is 9.59 Å². The summed E-state index contributed by atoms with van der Waals surface area (Å²) < 4.78 is 5.50. The van der Waals surface area contributed by atoms with E-state index in [4.69, 9.17) is 4.74 Å². The van der Waals surface area contributed by atoms with Crippen LogP contribution in [0.15, 0.2) is 79.0 Å². The molecule has 0 saturated heterocycles. The molecule has 5 rings (SSSR count). The predicted molar refractivity (Wildman–Crippen MR) is 127 cm³/mol. The van der Waals surface area contributed by atoms with Gasteiger partial charge in [-0.2, -0.15) is 0 Å². The van der Waals surface area contributed by atoms with Crippen LogP contribution in [0.3, 0.4) is 0 Å². The molecule has 1 aliphatic carbocycles. The lowest BCUT2D eigenvalue weighted by Crippen LogP contribution is -2.43. The lowest BCUT2D eigenvalue weighted by Gasteiger charge is -2.18. The number of phenolic OH excluding ortho intramolecular Hbond substituents is 1. The first-order valence-corrected chi connectivity index (χ1v) is 10.9. The molecule has 170 valence electrons. The van der Waals surface area contributed by atoms with E-state index in [0.29, 0.717) is 16.5 Å². The van der Waals surface area contributed by atoms with E-state index in [0.717, 1.165) is 22.3 Å². The van der Waals surface area contributed by atoms with Crippen molar-refractivity contribution >= 4 is 23.0 Å². The summed E-state index contributed by atoms with van der Waals surface area (Å²) in [5.74, 6) is -1.29. The van der Waals surface area contributed by atoms with E-state index in [-0.39, 0.29) is 24.7 Å². The Morgan fingerprint density at radius 3 is 2.29 bits per heavy atom. The minimum Gasteiger partial charge on any atom is -0.506 e. The molecule has 0 fully saturated rings. The van der Waals surface area contributed by atoms with Crippen LogP contribution in [0.4, 0.5) is 4.79 Å². The number of carbonyl (C=O) groups is 2. The van der Waals surface area contributed by atoms with Crippen molar-refractivity contribution in [2.75, 3.05) is 6.61 Å². The molecule has 0 aliphatic heterocycles. The normalized spacial score (nSPS) is 13.2. The third-order valence-electron chi connectivity index (χ3n) is 6.20. The summed E-state index contributed by atoms with van der Waals surface area (Å²) in [5.41, 5.74) is 5.41. The molecule has 1 amide bonds. The van der Waals surface area contributed by atoms with Gasteiger partial charge in [0.25, 0.3) is 0 Å². The zero-order chi connectivity index (χ0) is 23.7. The second kappa shape index (κ2) is 8.86. The largest absolute Gasteiger partial charge is 0.506 e. The number of pyridine rings is 1. The maximum atomic E-state index is 12.6. The second-order valence-corrected chi connectivity index (χ2v) is 8.21. The zero-order valence-corrected chi connectivity index (χ0v) is 18.1. The van der Waals surface area contributed by atoms with E-state index in [1.54, 1.807) is 24.4 Å². The number of carbonyl (C=O) groups excluding carboxylic acids is 1. The molecule has 1 aromatic heterocycles. The number of carboxylic acids is 1. The Labute approximate surface area is 195 Å². The average molecular weight is 454 g/mol. The fraction of sp³-hybridized carbons (Fsp3) is 0.148. The number of rotatable bonds is 6. The Morgan fingerprint density at radius 2 is 1.62 bits per heavy atom. The van der Waals surface area contributed by atoms with Crippen LogP contribution in [-0.4, -0.2) is 39.9 Å². The fourth-order valence-electron chi connectivity index (χ4n) is 4.60. The lowest BCUT2D eigenvalue weighted by atomic mass is 9.98. The van der Waals surface area contributed by atoms with Crippen molar-refractivity contribution in [1.29, 1.82) is 0 Å². The van der Waals surface area contributed by atoms with Crippen LogP contribution >= 0.6 is 0 Å². The number of amides is 1. The Morgan fingerprint density at radius 1 is 0.941 bits per heavy atom. The average Bonchev–Trinajstić information content (AvgIpc) is 3.18. The van der Waals surface area contributed by atoms with E-state index in [2.05, 4.69) is 10.3 Å². The Kier molecular flexibility index (Phi) is 5.59. The first-order valence-electron chi connectivity index (χ1n) is 10.9. The van der Waals surface area contributed by atoms with E-state index in [1.807, 2.05) is 48.5 Å². The number of hydrogen-bond donors (Lipinski definition) is 3. The molecule has 0 spiro atoms. The quantitative estimate of drug-likeness (QED) is 0.397. The minimum atomic E-state index is -1.21. The number of nitrogens with one attached hydrogen (secondary N) is 1. The van der Waals surface area contributed by atoms with Gasteiger partial charge in [-0.15, -0.1) is 0 Å². The molecule has 0 saturated carbocycles. The number of nitrogens with zero attached hydrogens (tertiary/aromatic N) is 1. The number of alkyl carbamates (subject to hydrolysis) is 1. The number of hydrogen-bond acceptors (Lipinski definition) is 5. The SMILES string of the molecule is O=C(N[C@@H](Cc1ccc(O)c2ncccc12)C(=O)O)OCC1c2ccccc2-c2ccccc21. The van der Waals surface area contributed by atoms with Gasteiger partial charge in [-0.05, 0) is 39.9 Å². The number of benzene rings is 3. The highest BCUT2D eigenvalue weighted by Gasteiger charge is 2.30. The van der Waals surface area contributed by atoms with E-state index in [1.165, 1.54) is 6.07 Å². The Balaban J connectivity index is 1.30. The highest BCUT2D eigenvalue weighted by Crippen LogP contribution is 2.44. The number of ether oxygens (including phenoxy) is 1. The number of fused-ring (bicyclic) bond motifs is 4. The van der Waals surface area contributed by atoms with E-state index in [9.17, 15) is 19.8 Å². The Hall–Kier alpha value is -4.39. The van der Waals surface area contributed by atoms with E-state index >= 15 is 0 Å². The smallest absolute Gasteiger partial charge is 0.407 e. The van der Waals surface area contributed by atoms with Crippen molar-refractivity contribution in [2.24, 2.45) is 0 Å². The van der Waals surface area contributed by atoms with Gasteiger partial charge < -0.3 is 20.3 Å². The summed E-state index contributed by atoms with van der Waals surface area (Å²) in [4.78, 5) is 28.6. The number of phenols is 1. The number of aliphatic carboxylic acids is 1. The van der Waals surface area contributed by atoms with Crippen LogP contribution in [0.2, 0.25) is 0 Å².